The molecule has 0 bridgehead atoms. The van der Waals surface area contributed by atoms with Gasteiger partial charge in [-0.15, -0.1) is 0 Å². The first-order chi connectivity index (χ1) is 14.0. The summed E-state index contributed by atoms with van der Waals surface area (Å²) in [5.41, 5.74) is 2.28. The Labute approximate surface area is 176 Å². The second-order valence-corrected chi connectivity index (χ2v) is 8.12. The van der Waals surface area contributed by atoms with Crippen molar-refractivity contribution in [3.63, 3.8) is 0 Å². The van der Waals surface area contributed by atoms with E-state index in [0.717, 1.165) is 24.0 Å². The minimum Gasteiger partial charge on any atom is -0.376 e. The van der Waals surface area contributed by atoms with Crippen molar-refractivity contribution in [2.75, 3.05) is 6.61 Å². The average molecular weight is 397 g/mol. The molecule has 0 aliphatic carbocycles. The lowest BCUT2D eigenvalue weighted by Gasteiger charge is -2.30. The third-order valence-corrected chi connectivity index (χ3v) is 5.49. The molecule has 0 fully saturated rings. The summed E-state index contributed by atoms with van der Waals surface area (Å²) in [6.07, 6.45) is 1.77. The van der Waals surface area contributed by atoms with Gasteiger partial charge in [0, 0.05) is 17.8 Å². The van der Waals surface area contributed by atoms with Gasteiger partial charge in [0.05, 0.1) is 25.9 Å². The lowest BCUT2D eigenvalue weighted by Crippen LogP contribution is -2.38. The predicted molar refractivity (Wildman–Crippen MR) is 119 cm³/mol. The van der Waals surface area contributed by atoms with Gasteiger partial charge in [0.25, 0.3) is 0 Å². The molecule has 0 aliphatic heterocycles. The van der Waals surface area contributed by atoms with Crippen LogP contribution in [0.15, 0.2) is 60.7 Å². The first-order valence-electron chi connectivity index (χ1n) is 10.8. The number of ether oxygens (including phenoxy) is 2. The summed E-state index contributed by atoms with van der Waals surface area (Å²) in [4.78, 5) is 13.0. The molecular weight excluding hydrogens is 360 g/mol. The van der Waals surface area contributed by atoms with Crippen molar-refractivity contribution in [1.29, 1.82) is 0 Å². The van der Waals surface area contributed by atoms with E-state index in [-0.39, 0.29) is 23.9 Å². The molecule has 0 saturated carbocycles. The highest BCUT2D eigenvalue weighted by Gasteiger charge is 2.32. The van der Waals surface area contributed by atoms with Gasteiger partial charge in [0.2, 0.25) is 0 Å². The molecule has 0 radical (unpaired) electrons. The molecule has 0 N–H and O–H groups in total. The van der Waals surface area contributed by atoms with Crippen LogP contribution in [0.5, 0.6) is 0 Å². The van der Waals surface area contributed by atoms with Crippen molar-refractivity contribution >= 4 is 5.78 Å². The van der Waals surface area contributed by atoms with Gasteiger partial charge in [-0.25, -0.2) is 0 Å². The van der Waals surface area contributed by atoms with Crippen LogP contribution in [0.1, 0.15) is 51.7 Å². The molecule has 0 amide bonds. The maximum absolute atomic E-state index is 13.0. The summed E-state index contributed by atoms with van der Waals surface area (Å²) in [6.45, 7) is 9.94. The van der Waals surface area contributed by atoms with E-state index in [0.29, 0.717) is 25.6 Å². The Bertz CT molecular complexity index is 698. The Kier molecular flexibility index (Phi) is 10.1. The zero-order valence-corrected chi connectivity index (χ0v) is 18.3. The molecule has 0 spiro atoms. The van der Waals surface area contributed by atoms with Crippen LogP contribution in [0.3, 0.4) is 0 Å². The highest BCUT2D eigenvalue weighted by molar-refractivity contribution is 5.83. The van der Waals surface area contributed by atoms with Crippen LogP contribution >= 0.6 is 0 Å². The quantitative estimate of drug-likeness (QED) is 0.412. The van der Waals surface area contributed by atoms with Gasteiger partial charge in [0.15, 0.2) is 0 Å². The van der Waals surface area contributed by atoms with Crippen LogP contribution in [0.2, 0.25) is 0 Å². The molecule has 0 aromatic heterocycles. The number of hydrogen-bond acceptors (Lipinski definition) is 3. The molecule has 2 aromatic rings. The van der Waals surface area contributed by atoms with Crippen LogP contribution in [0.25, 0.3) is 0 Å². The summed E-state index contributed by atoms with van der Waals surface area (Å²) in [5.74, 6) is 0.320. The maximum Gasteiger partial charge on any atom is 0.141 e. The number of rotatable bonds is 13. The van der Waals surface area contributed by atoms with E-state index in [1.807, 2.05) is 50.2 Å². The molecule has 158 valence electrons. The molecule has 0 unspecified atom stereocenters. The molecule has 0 heterocycles. The van der Waals surface area contributed by atoms with Crippen molar-refractivity contribution in [2.24, 2.45) is 17.8 Å². The third-order valence-electron chi connectivity index (χ3n) is 5.49. The Balaban J connectivity index is 2.00. The topological polar surface area (TPSA) is 35.5 Å². The summed E-state index contributed by atoms with van der Waals surface area (Å²) < 4.78 is 12.3. The van der Waals surface area contributed by atoms with Gasteiger partial charge < -0.3 is 9.47 Å². The first-order valence-corrected chi connectivity index (χ1v) is 10.8. The summed E-state index contributed by atoms with van der Waals surface area (Å²) in [5, 5.41) is 0. The van der Waals surface area contributed by atoms with Crippen molar-refractivity contribution in [1.82, 2.24) is 0 Å². The van der Waals surface area contributed by atoms with Gasteiger partial charge in [0.1, 0.15) is 5.78 Å². The molecule has 2 aromatic carbocycles. The van der Waals surface area contributed by atoms with E-state index in [4.69, 9.17) is 9.47 Å². The van der Waals surface area contributed by atoms with Gasteiger partial charge in [-0.2, -0.15) is 0 Å². The lowest BCUT2D eigenvalue weighted by atomic mass is 9.84. The fraction of sp³-hybridized carbons (Fsp3) is 0.500. The van der Waals surface area contributed by atoms with E-state index >= 15 is 0 Å². The minimum absolute atomic E-state index is 0.0651. The number of ketones is 1. The third kappa shape index (κ3) is 7.75. The predicted octanol–water partition coefficient (Wildman–Crippen LogP) is 6.07. The number of Topliss-reactive ketones (excluding diaryl/α,β-unsaturated/α-hetero) is 1. The van der Waals surface area contributed by atoms with Crippen LogP contribution in [0, 0.1) is 17.8 Å². The highest BCUT2D eigenvalue weighted by Crippen LogP contribution is 2.24. The SMILES string of the molecule is CCC[C@@H](C)C(=O)[C@H](C)[C@H](OCc1ccccc1)[C@H](C)COCc1ccccc1. The van der Waals surface area contributed by atoms with Crippen LogP contribution in [0.4, 0.5) is 0 Å². The number of carbonyl (C=O) groups excluding carboxylic acids is 1. The summed E-state index contributed by atoms with van der Waals surface area (Å²) >= 11 is 0. The number of carbonyl (C=O) groups is 1. The lowest BCUT2D eigenvalue weighted by molar-refractivity contribution is -0.135. The molecule has 3 heteroatoms. The monoisotopic (exact) mass is 396 g/mol. The van der Waals surface area contributed by atoms with E-state index in [2.05, 4.69) is 38.1 Å². The Morgan fingerprint density at radius 1 is 0.862 bits per heavy atom. The van der Waals surface area contributed by atoms with E-state index in [1.165, 1.54) is 0 Å². The van der Waals surface area contributed by atoms with Crippen molar-refractivity contribution in [2.45, 2.75) is 59.9 Å². The van der Waals surface area contributed by atoms with Gasteiger partial charge in [-0.1, -0.05) is 94.8 Å². The second-order valence-electron chi connectivity index (χ2n) is 8.12. The Morgan fingerprint density at radius 2 is 1.41 bits per heavy atom. The van der Waals surface area contributed by atoms with Crippen LogP contribution in [-0.4, -0.2) is 18.5 Å². The largest absolute Gasteiger partial charge is 0.376 e. The zero-order chi connectivity index (χ0) is 21.1. The average Bonchev–Trinajstić information content (AvgIpc) is 2.75. The minimum atomic E-state index is -0.169. The molecule has 4 atom stereocenters. The van der Waals surface area contributed by atoms with Crippen LogP contribution < -0.4 is 0 Å². The normalized spacial score (nSPS) is 15.4. The maximum atomic E-state index is 13.0. The number of benzene rings is 2. The second kappa shape index (κ2) is 12.6. The molecule has 3 nitrogen and oxygen atoms in total. The van der Waals surface area contributed by atoms with Gasteiger partial charge in [-0.05, 0) is 17.5 Å². The van der Waals surface area contributed by atoms with Crippen molar-refractivity contribution in [3.8, 4) is 0 Å². The molecule has 0 aliphatic rings. The molecule has 29 heavy (non-hydrogen) atoms. The standard InChI is InChI=1S/C26H36O3/c1-5-12-20(2)25(27)22(4)26(29-19-24-15-10-7-11-16-24)21(3)17-28-18-23-13-8-6-9-14-23/h6-11,13-16,20-22,26H,5,12,17-19H2,1-4H3/t20-,21-,22+,26-/m1/s1. The first kappa shape index (κ1) is 23.3. The van der Waals surface area contributed by atoms with Crippen molar-refractivity contribution < 1.29 is 14.3 Å². The van der Waals surface area contributed by atoms with Crippen molar-refractivity contribution in [3.05, 3.63) is 71.8 Å². The Morgan fingerprint density at radius 3 is 1.97 bits per heavy atom. The molecule has 2 rings (SSSR count). The van der Waals surface area contributed by atoms with Gasteiger partial charge in [-0.3, -0.25) is 4.79 Å². The fourth-order valence-electron chi connectivity index (χ4n) is 3.79. The van der Waals surface area contributed by atoms with E-state index < -0.39 is 0 Å². The number of hydrogen-bond donors (Lipinski definition) is 0. The zero-order valence-electron chi connectivity index (χ0n) is 18.3. The van der Waals surface area contributed by atoms with E-state index in [1.54, 1.807) is 0 Å². The van der Waals surface area contributed by atoms with Gasteiger partial charge >= 0.3 is 0 Å². The fourth-order valence-corrected chi connectivity index (χ4v) is 3.79. The Hall–Kier alpha value is -1.97. The summed E-state index contributed by atoms with van der Waals surface area (Å²) in [7, 11) is 0. The van der Waals surface area contributed by atoms with Crippen LogP contribution in [-0.2, 0) is 27.5 Å². The van der Waals surface area contributed by atoms with E-state index in [9.17, 15) is 4.79 Å². The molecular formula is C26H36O3. The molecule has 0 saturated heterocycles. The smallest absolute Gasteiger partial charge is 0.141 e. The highest BCUT2D eigenvalue weighted by atomic mass is 16.5. The summed E-state index contributed by atoms with van der Waals surface area (Å²) in [6, 6.07) is 20.3.